The smallest absolute Gasteiger partial charge is 0.339 e. The van der Waals surface area contributed by atoms with E-state index in [0.29, 0.717) is 26.9 Å². The molecule has 0 spiro atoms. The Hall–Kier alpha value is -4.16. The molecule has 0 unspecified atom stereocenters. The summed E-state index contributed by atoms with van der Waals surface area (Å²) in [6, 6.07) is 15.2. The van der Waals surface area contributed by atoms with Gasteiger partial charge in [-0.2, -0.15) is 8.42 Å². The standard InChI is InChI=1S/C26H23N3O7S2/c1-4-35-23-14-18(7-12-22(23)36-38(33,34)20-9-5-16(2)6-10-20)15-24-25(30)28-26(37-24)27-21-11-8-19(29(31)32)13-17(21)3/h5-15H,4H2,1-3H3,(H,27,28,30)/b24-15+. The number of nitrogens with one attached hydrogen (secondary N) is 1. The van der Waals surface area contributed by atoms with Gasteiger partial charge in [-0.1, -0.05) is 23.8 Å². The van der Waals surface area contributed by atoms with Gasteiger partial charge in [0.05, 0.1) is 22.1 Å². The molecule has 4 rings (SSSR count). The Bertz CT molecular complexity index is 1580. The fourth-order valence-electron chi connectivity index (χ4n) is 3.44. The Kier molecular flexibility index (Phi) is 7.83. The molecule has 3 aromatic rings. The van der Waals surface area contributed by atoms with Gasteiger partial charge in [0.15, 0.2) is 16.7 Å². The first kappa shape index (κ1) is 26.9. The van der Waals surface area contributed by atoms with E-state index in [9.17, 15) is 23.3 Å². The number of amides is 1. The van der Waals surface area contributed by atoms with Crippen LogP contribution in [0.4, 0.5) is 11.4 Å². The van der Waals surface area contributed by atoms with Crippen LogP contribution in [0.1, 0.15) is 23.6 Å². The summed E-state index contributed by atoms with van der Waals surface area (Å²) in [6.07, 6.45) is 1.62. The van der Waals surface area contributed by atoms with Crippen molar-refractivity contribution in [3.8, 4) is 11.5 Å². The third-order valence-electron chi connectivity index (χ3n) is 5.34. The van der Waals surface area contributed by atoms with Crippen molar-refractivity contribution in [3.05, 3.63) is 92.4 Å². The zero-order valence-corrected chi connectivity index (χ0v) is 22.3. The van der Waals surface area contributed by atoms with Crippen molar-refractivity contribution in [3.63, 3.8) is 0 Å². The number of aryl methyl sites for hydroxylation is 2. The van der Waals surface area contributed by atoms with E-state index in [2.05, 4.69) is 10.3 Å². The number of nitrogens with zero attached hydrogens (tertiary/aromatic N) is 2. The fraction of sp³-hybridized carbons (Fsp3) is 0.154. The summed E-state index contributed by atoms with van der Waals surface area (Å²) in [4.78, 5) is 27.8. The second kappa shape index (κ2) is 11.1. The van der Waals surface area contributed by atoms with Gasteiger partial charge >= 0.3 is 10.1 Å². The van der Waals surface area contributed by atoms with Gasteiger partial charge < -0.3 is 14.2 Å². The van der Waals surface area contributed by atoms with Gasteiger partial charge in [0.2, 0.25) is 0 Å². The number of benzene rings is 3. The Labute approximate surface area is 223 Å². The summed E-state index contributed by atoms with van der Waals surface area (Å²) in [5.74, 6) is -0.140. The zero-order chi connectivity index (χ0) is 27.4. The molecule has 0 aliphatic carbocycles. The van der Waals surface area contributed by atoms with Crippen LogP contribution < -0.4 is 14.2 Å². The minimum Gasteiger partial charge on any atom is -0.490 e. The number of amidine groups is 1. The van der Waals surface area contributed by atoms with Crippen LogP contribution in [-0.2, 0) is 14.9 Å². The number of carbonyl (C=O) groups excluding carboxylic acids is 1. The molecule has 1 N–H and O–H groups in total. The van der Waals surface area contributed by atoms with Gasteiger partial charge in [-0.05, 0) is 80.1 Å². The Balaban J connectivity index is 1.57. The molecule has 12 heteroatoms. The van der Waals surface area contributed by atoms with Crippen molar-refractivity contribution in [2.75, 3.05) is 6.61 Å². The number of non-ortho nitro benzene ring substituents is 1. The summed E-state index contributed by atoms with van der Waals surface area (Å²) in [5, 5.41) is 14.0. The van der Waals surface area contributed by atoms with E-state index in [4.69, 9.17) is 8.92 Å². The number of rotatable bonds is 8. The minimum atomic E-state index is -4.08. The number of nitro groups is 1. The van der Waals surface area contributed by atoms with Crippen LogP contribution in [0.3, 0.4) is 0 Å². The lowest BCUT2D eigenvalue weighted by Crippen LogP contribution is -2.19. The lowest BCUT2D eigenvalue weighted by atomic mass is 10.2. The SMILES string of the molecule is CCOc1cc(/C=C2/SC(=Nc3ccc([N+](=O)[O-])cc3C)NC2=O)ccc1OS(=O)(=O)c1ccc(C)cc1. The van der Waals surface area contributed by atoms with Crippen molar-refractivity contribution in [2.24, 2.45) is 4.99 Å². The van der Waals surface area contributed by atoms with Crippen molar-refractivity contribution >= 4 is 50.4 Å². The highest BCUT2D eigenvalue weighted by molar-refractivity contribution is 8.18. The summed E-state index contributed by atoms with van der Waals surface area (Å²) in [7, 11) is -4.08. The molecule has 196 valence electrons. The number of ether oxygens (including phenoxy) is 1. The zero-order valence-electron chi connectivity index (χ0n) is 20.6. The van der Waals surface area contributed by atoms with Gasteiger partial charge in [0.25, 0.3) is 11.6 Å². The maximum atomic E-state index is 12.7. The molecule has 0 atom stereocenters. The van der Waals surface area contributed by atoms with Crippen molar-refractivity contribution in [1.82, 2.24) is 5.32 Å². The molecular weight excluding hydrogens is 530 g/mol. The quantitative estimate of drug-likeness (QED) is 0.172. The van der Waals surface area contributed by atoms with Crippen LogP contribution in [-0.4, -0.2) is 31.0 Å². The van der Waals surface area contributed by atoms with Crippen LogP contribution in [0.15, 0.2) is 75.5 Å². The Morgan fingerprint density at radius 3 is 2.45 bits per heavy atom. The third kappa shape index (κ3) is 6.21. The summed E-state index contributed by atoms with van der Waals surface area (Å²) in [6.45, 7) is 5.57. The van der Waals surface area contributed by atoms with Crippen LogP contribution in [0, 0.1) is 24.0 Å². The average Bonchev–Trinajstić information content (AvgIpc) is 3.20. The third-order valence-corrected chi connectivity index (χ3v) is 7.50. The van der Waals surface area contributed by atoms with Crippen LogP contribution in [0.25, 0.3) is 6.08 Å². The summed E-state index contributed by atoms with van der Waals surface area (Å²) < 4.78 is 36.5. The molecule has 38 heavy (non-hydrogen) atoms. The molecule has 0 saturated carbocycles. The normalized spacial score (nSPS) is 15.5. The van der Waals surface area contributed by atoms with Crippen LogP contribution in [0.5, 0.6) is 11.5 Å². The maximum absolute atomic E-state index is 12.7. The number of hydrogen-bond donors (Lipinski definition) is 1. The highest BCUT2D eigenvalue weighted by atomic mass is 32.2. The van der Waals surface area contributed by atoms with Gasteiger partial charge in [0.1, 0.15) is 4.90 Å². The molecule has 0 aromatic heterocycles. The number of nitro benzene ring substituents is 1. The predicted octanol–water partition coefficient (Wildman–Crippen LogP) is 5.27. The molecule has 3 aromatic carbocycles. The first-order valence-corrected chi connectivity index (χ1v) is 13.6. The number of hydrogen-bond acceptors (Lipinski definition) is 9. The number of thioether (sulfide) groups is 1. The van der Waals surface area contributed by atoms with E-state index in [1.807, 2.05) is 6.92 Å². The van der Waals surface area contributed by atoms with Gasteiger partial charge in [-0.15, -0.1) is 0 Å². The molecule has 1 amide bonds. The minimum absolute atomic E-state index is 0.0193. The molecule has 0 bridgehead atoms. The number of aliphatic imine (C=N–C) groups is 1. The summed E-state index contributed by atoms with van der Waals surface area (Å²) >= 11 is 1.11. The Morgan fingerprint density at radius 1 is 1.05 bits per heavy atom. The van der Waals surface area contributed by atoms with E-state index in [1.54, 1.807) is 44.2 Å². The second-order valence-corrected chi connectivity index (χ2v) is 10.8. The van der Waals surface area contributed by atoms with Gasteiger partial charge in [0, 0.05) is 12.1 Å². The average molecular weight is 554 g/mol. The van der Waals surface area contributed by atoms with Crippen molar-refractivity contribution < 1.29 is 27.1 Å². The van der Waals surface area contributed by atoms with E-state index in [1.165, 1.54) is 36.4 Å². The summed E-state index contributed by atoms with van der Waals surface area (Å²) in [5.41, 5.74) is 2.55. The van der Waals surface area contributed by atoms with E-state index in [-0.39, 0.29) is 34.6 Å². The predicted molar refractivity (Wildman–Crippen MR) is 145 cm³/mol. The van der Waals surface area contributed by atoms with E-state index >= 15 is 0 Å². The number of carbonyl (C=O) groups is 1. The van der Waals surface area contributed by atoms with Crippen LogP contribution >= 0.6 is 11.8 Å². The lowest BCUT2D eigenvalue weighted by molar-refractivity contribution is -0.384. The highest BCUT2D eigenvalue weighted by Gasteiger charge is 2.25. The molecule has 1 heterocycles. The van der Waals surface area contributed by atoms with Gasteiger partial charge in [-0.25, -0.2) is 4.99 Å². The van der Waals surface area contributed by atoms with E-state index in [0.717, 1.165) is 17.3 Å². The fourth-order valence-corrected chi connectivity index (χ4v) is 5.22. The van der Waals surface area contributed by atoms with Gasteiger partial charge in [-0.3, -0.25) is 14.9 Å². The molecule has 1 saturated heterocycles. The van der Waals surface area contributed by atoms with Crippen molar-refractivity contribution in [1.29, 1.82) is 0 Å². The highest BCUT2D eigenvalue weighted by Crippen LogP contribution is 2.34. The molecule has 10 nitrogen and oxygen atoms in total. The maximum Gasteiger partial charge on any atom is 0.339 e. The largest absolute Gasteiger partial charge is 0.490 e. The molecule has 1 aliphatic heterocycles. The second-order valence-electron chi connectivity index (χ2n) is 8.20. The molecule has 0 radical (unpaired) electrons. The first-order chi connectivity index (χ1) is 18.1. The first-order valence-electron chi connectivity index (χ1n) is 11.4. The molecule has 1 fully saturated rings. The topological polar surface area (TPSA) is 137 Å². The van der Waals surface area contributed by atoms with E-state index < -0.39 is 15.0 Å². The van der Waals surface area contributed by atoms with Crippen LogP contribution in [0.2, 0.25) is 0 Å². The molecular formula is C26H23N3O7S2. The van der Waals surface area contributed by atoms with Crippen molar-refractivity contribution in [2.45, 2.75) is 25.7 Å². The molecule has 1 aliphatic rings. The Morgan fingerprint density at radius 2 is 1.79 bits per heavy atom. The monoisotopic (exact) mass is 553 g/mol. The lowest BCUT2D eigenvalue weighted by Gasteiger charge is -2.13.